The second-order valence-corrected chi connectivity index (χ2v) is 6.70. The maximum Gasteiger partial charge on any atom is 0.245 e. The van der Waals surface area contributed by atoms with Gasteiger partial charge in [0.1, 0.15) is 0 Å². The Balaban J connectivity index is 2.31. The lowest BCUT2D eigenvalue weighted by Gasteiger charge is -2.24. The van der Waals surface area contributed by atoms with E-state index in [2.05, 4.69) is 18.9 Å². The quantitative estimate of drug-likeness (QED) is 0.555. The van der Waals surface area contributed by atoms with Crippen molar-refractivity contribution in [2.45, 2.75) is 44.8 Å². The molecule has 1 aromatic carbocycles. The maximum atomic E-state index is 11.6. The number of hydrogen-bond donors (Lipinski definition) is 2. The van der Waals surface area contributed by atoms with E-state index in [0.29, 0.717) is 11.4 Å². The van der Waals surface area contributed by atoms with Crippen LogP contribution in [0.2, 0.25) is 5.02 Å². The average molecular weight is 366 g/mol. The molecule has 0 unspecified atom stereocenters. The molecule has 2 atom stereocenters. The van der Waals surface area contributed by atoms with E-state index >= 15 is 0 Å². The van der Waals surface area contributed by atoms with Crippen molar-refractivity contribution in [2.75, 3.05) is 7.11 Å². The molecule has 6 nitrogen and oxygen atoms in total. The fourth-order valence-electron chi connectivity index (χ4n) is 2.76. The van der Waals surface area contributed by atoms with Crippen molar-refractivity contribution >= 4 is 17.5 Å². The van der Waals surface area contributed by atoms with Crippen molar-refractivity contribution in [3.05, 3.63) is 52.8 Å². The number of hydrogen-bond acceptors (Lipinski definition) is 4. The standard InChI is InChI=1S/C18H24ClN3O3/c1-12(2)22-9-8-16(20-22)15(17(25-3)11-18(23)21-24)10-13-4-6-14(19)7-5-13/h4-9,12,15,17,24H,10-11H2,1-3H3,(H,21,23)/t15-,17-/m1/s1. The summed E-state index contributed by atoms with van der Waals surface area (Å²) >= 11 is 5.96. The topological polar surface area (TPSA) is 76.4 Å². The van der Waals surface area contributed by atoms with Gasteiger partial charge in [-0.05, 0) is 44.0 Å². The molecule has 1 aromatic heterocycles. The summed E-state index contributed by atoms with van der Waals surface area (Å²) in [6.45, 7) is 4.11. The molecule has 0 aliphatic carbocycles. The summed E-state index contributed by atoms with van der Waals surface area (Å²) in [5, 5.41) is 14.2. The molecule has 0 fully saturated rings. The van der Waals surface area contributed by atoms with Crippen LogP contribution in [0.4, 0.5) is 0 Å². The number of hydroxylamine groups is 1. The Morgan fingerprint density at radius 2 is 2.00 bits per heavy atom. The molecule has 2 aromatic rings. The number of rotatable bonds is 8. The van der Waals surface area contributed by atoms with E-state index in [1.165, 1.54) is 0 Å². The molecule has 2 N–H and O–H groups in total. The van der Waals surface area contributed by atoms with Gasteiger partial charge in [-0.1, -0.05) is 23.7 Å². The first kappa shape index (κ1) is 19.4. The van der Waals surface area contributed by atoms with Crippen LogP contribution in [-0.4, -0.2) is 34.1 Å². The third-order valence-electron chi connectivity index (χ3n) is 4.17. The maximum absolute atomic E-state index is 11.6. The summed E-state index contributed by atoms with van der Waals surface area (Å²) in [7, 11) is 1.56. The minimum atomic E-state index is -0.490. The Kier molecular flexibility index (Phi) is 6.99. The molecule has 1 amide bonds. The molecule has 0 saturated heterocycles. The smallest absolute Gasteiger partial charge is 0.245 e. The second kappa shape index (κ2) is 8.99. The molecule has 136 valence electrons. The van der Waals surface area contributed by atoms with E-state index in [4.69, 9.17) is 21.5 Å². The van der Waals surface area contributed by atoms with Crippen molar-refractivity contribution in [2.24, 2.45) is 0 Å². The van der Waals surface area contributed by atoms with E-state index in [-0.39, 0.29) is 18.4 Å². The molecule has 0 aliphatic heterocycles. The highest BCUT2D eigenvalue weighted by Gasteiger charge is 2.28. The van der Waals surface area contributed by atoms with E-state index in [1.54, 1.807) is 12.6 Å². The summed E-state index contributed by atoms with van der Waals surface area (Å²) in [5.74, 6) is -0.625. The highest BCUT2D eigenvalue weighted by atomic mass is 35.5. The Morgan fingerprint density at radius 1 is 1.32 bits per heavy atom. The van der Waals surface area contributed by atoms with E-state index in [1.807, 2.05) is 41.2 Å². The average Bonchev–Trinajstić information content (AvgIpc) is 3.09. The summed E-state index contributed by atoms with van der Waals surface area (Å²) in [6.07, 6.45) is 2.19. The Hall–Kier alpha value is -1.89. The lowest BCUT2D eigenvalue weighted by Crippen LogP contribution is -2.31. The van der Waals surface area contributed by atoms with Crippen LogP contribution in [0.3, 0.4) is 0 Å². The number of nitrogens with zero attached hydrogens (tertiary/aromatic N) is 2. The number of methoxy groups -OCH3 is 1. The number of benzene rings is 1. The zero-order chi connectivity index (χ0) is 18.4. The molecule has 0 saturated carbocycles. The molecular weight excluding hydrogens is 342 g/mol. The molecule has 1 heterocycles. The number of aromatic nitrogens is 2. The Labute approximate surface area is 152 Å². The predicted molar refractivity (Wildman–Crippen MR) is 95.9 cm³/mol. The second-order valence-electron chi connectivity index (χ2n) is 6.26. The predicted octanol–water partition coefficient (Wildman–Crippen LogP) is 3.35. The van der Waals surface area contributed by atoms with Crippen LogP contribution in [0.1, 0.15) is 43.5 Å². The van der Waals surface area contributed by atoms with Gasteiger partial charge in [0.2, 0.25) is 5.91 Å². The largest absolute Gasteiger partial charge is 0.380 e. The van der Waals surface area contributed by atoms with Crippen LogP contribution in [0.15, 0.2) is 36.5 Å². The molecule has 25 heavy (non-hydrogen) atoms. The van der Waals surface area contributed by atoms with Crippen molar-refractivity contribution < 1.29 is 14.7 Å². The first-order valence-electron chi connectivity index (χ1n) is 8.19. The highest BCUT2D eigenvalue weighted by Crippen LogP contribution is 2.28. The lowest BCUT2D eigenvalue weighted by molar-refractivity contribution is -0.132. The van der Waals surface area contributed by atoms with Crippen LogP contribution in [0.25, 0.3) is 0 Å². The molecular formula is C18H24ClN3O3. The minimum Gasteiger partial charge on any atom is -0.380 e. The van der Waals surface area contributed by atoms with Gasteiger partial charge >= 0.3 is 0 Å². The van der Waals surface area contributed by atoms with Gasteiger partial charge in [-0.15, -0.1) is 0 Å². The fraction of sp³-hybridized carbons (Fsp3) is 0.444. The molecule has 0 bridgehead atoms. The van der Waals surface area contributed by atoms with Gasteiger partial charge in [-0.2, -0.15) is 5.10 Å². The number of amides is 1. The fourth-order valence-corrected chi connectivity index (χ4v) is 2.88. The third-order valence-corrected chi connectivity index (χ3v) is 4.42. The Bertz CT molecular complexity index is 685. The summed E-state index contributed by atoms with van der Waals surface area (Å²) < 4.78 is 7.44. The number of ether oxygens (including phenoxy) is 1. The van der Waals surface area contributed by atoms with Gasteiger partial charge in [0.15, 0.2) is 0 Å². The molecule has 0 aliphatic rings. The van der Waals surface area contributed by atoms with Gasteiger partial charge in [0, 0.05) is 30.3 Å². The SMILES string of the molecule is CO[C@H](CC(=O)NO)[C@H](Cc1ccc(Cl)cc1)c1ccn(C(C)C)n1. The van der Waals surface area contributed by atoms with Gasteiger partial charge in [-0.25, -0.2) is 5.48 Å². The van der Waals surface area contributed by atoms with Gasteiger partial charge in [-0.3, -0.25) is 14.7 Å². The normalized spacial score (nSPS) is 13.7. The molecule has 7 heteroatoms. The number of nitrogens with one attached hydrogen (secondary N) is 1. The summed E-state index contributed by atoms with van der Waals surface area (Å²) in [4.78, 5) is 11.6. The summed E-state index contributed by atoms with van der Waals surface area (Å²) in [5.41, 5.74) is 3.59. The van der Waals surface area contributed by atoms with E-state index in [0.717, 1.165) is 11.3 Å². The lowest BCUT2D eigenvalue weighted by atomic mass is 9.89. The monoisotopic (exact) mass is 365 g/mol. The number of carbonyl (C=O) groups excluding carboxylic acids is 1. The number of halogens is 1. The van der Waals surface area contributed by atoms with Crippen LogP contribution < -0.4 is 5.48 Å². The van der Waals surface area contributed by atoms with Gasteiger partial charge < -0.3 is 4.74 Å². The van der Waals surface area contributed by atoms with Crippen LogP contribution in [0, 0.1) is 0 Å². The third kappa shape index (κ3) is 5.29. The zero-order valence-electron chi connectivity index (χ0n) is 14.6. The minimum absolute atomic E-state index is 0.0415. The van der Waals surface area contributed by atoms with E-state index < -0.39 is 12.0 Å². The van der Waals surface area contributed by atoms with Crippen molar-refractivity contribution in [1.29, 1.82) is 0 Å². The first-order valence-corrected chi connectivity index (χ1v) is 8.57. The molecule has 0 radical (unpaired) electrons. The van der Waals surface area contributed by atoms with Crippen LogP contribution in [0.5, 0.6) is 0 Å². The van der Waals surface area contributed by atoms with Gasteiger partial charge in [0.05, 0.1) is 18.2 Å². The highest BCUT2D eigenvalue weighted by molar-refractivity contribution is 6.30. The number of carbonyl (C=O) groups is 1. The van der Waals surface area contributed by atoms with E-state index in [9.17, 15) is 4.79 Å². The molecule has 2 rings (SSSR count). The molecule has 0 spiro atoms. The zero-order valence-corrected chi connectivity index (χ0v) is 15.4. The summed E-state index contributed by atoms with van der Waals surface area (Å²) in [6, 6.07) is 9.77. The first-order chi connectivity index (χ1) is 11.9. The van der Waals surface area contributed by atoms with Gasteiger partial charge in [0.25, 0.3) is 0 Å². The van der Waals surface area contributed by atoms with Crippen molar-refractivity contribution in [1.82, 2.24) is 15.3 Å². The van der Waals surface area contributed by atoms with Crippen LogP contribution in [-0.2, 0) is 16.0 Å². The van der Waals surface area contributed by atoms with Crippen LogP contribution >= 0.6 is 11.6 Å². The van der Waals surface area contributed by atoms with Crippen molar-refractivity contribution in [3.63, 3.8) is 0 Å². The van der Waals surface area contributed by atoms with Crippen molar-refractivity contribution in [3.8, 4) is 0 Å². The Morgan fingerprint density at radius 3 is 2.52 bits per heavy atom.